The van der Waals surface area contributed by atoms with Gasteiger partial charge in [0.15, 0.2) is 0 Å². The van der Waals surface area contributed by atoms with E-state index in [-0.39, 0.29) is 6.10 Å². The van der Waals surface area contributed by atoms with Crippen molar-refractivity contribution in [2.75, 3.05) is 0 Å². The van der Waals surface area contributed by atoms with Gasteiger partial charge in [-0.05, 0) is 39.3 Å². The van der Waals surface area contributed by atoms with Crippen molar-refractivity contribution in [2.45, 2.75) is 52.8 Å². The largest absolute Gasteiger partial charge is 0.489 e. The van der Waals surface area contributed by atoms with E-state index < -0.39 is 0 Å². The molecular weight excluding hydrogens is 269 g/mol. The average Bonchev–Trinajstić information content (AvgIpc) is 2.29. The van der Waals surface area contributed by atoms with Crippen LogP contribution < -0.4 is 10.1 Å². The molecule has 0 aliphatic carbocycles. The van der Waals surface area contributed by atoms with E-state index >= 15 is 0 Å². The van der Waals surface area contributed by atoms with Gasteiger partial charge in [0.2, 0.25) is 0 Å². The predicted octanol–water partition coefficient (Wildman–Crippen LogP) is 4.67. The molecule has 102 valence electrons. The van der Waals surface area contributed by atoms with E-state index in [2.05, 4.69) is 19.2 Å². The Morgan fingerprint density at radius 2 is 1.89 bits per heavy atom. The Labute approximate surface area is 120 Å². The minimum atomic E-state index is 0.0889. The lowest BCUT2D eigenvalue weighted by molar-refractivity contribution is 0.239. The van der Waals surface area contributed by atoms with Crippen LogP contribution in [0.2, 0.25) is 10.0 Å². The minimum Gasteiger partial charge on any atom is -0.489 e. The first-order valence-corrected chi connectivity index (χ1v) is 7.07. The Kier molecular flexibility index (Phi) is 6.27. The zero-order chi connectivity index (χ0) is 13.7. The van der Waals surface area contributed by atoms with E-state index in [1.165, 1.54) is 0 Å². The van der Waals surface area contributed by atoms with Crippen LogP contribution in [0.25, 0.3) is 0 Å². The highest BCUT2D eigenvalue weighted by atomic mass is 35.5. The molecule has 0 unspecified atom stereocenters. The minimum absolute atomic E-state index is 0.0889. The molecular formula is C14H21Cl2NO. The number of rotatable bonds is 6. The van der Waals surface area contributed by atoms with Crippen LogP contribution >= 0.6 is 23.2 Å². The summed E-state index contributed by atoms with van der Waals surface area (Å²) in [5, 5.41) is 4.62. The van der Waals surface area contributed by atoms with Gasteiger partial charge in [0.1, 0.15) is 5.75 Å². The van der Waals surface area contributed by atoms with Crippen molar-refractivity contribution < 1.29 is 4.74 Å². The highest BCUT2D eigenvalue weighted by Gasteiger charge is 2.12. The quantitative estimate of drug-likeness (QED) is 0.822. The van der Waals surface area contributed by atoms with Gasteiger partial charge in [-0.25, -0.2) is 0 Å². The van der Waals surface area contributed by atoms with Crippen molar-refractivity contribution in [3.63, 3.8) is 0 Å². The SMILES string of the molecule is CC[C@@H](C)NCc1cc(Cl)cc(Cl)c1OC(C)C. The first kappa shape index (κ1) is 15.6. The molecule has 1 N–H and O–H groups in total. The molecule has 0 bridgehead atoms. The smallest absolute Gasteiger partial charge is 0.142 e. The Morgan fingerprint density at radius 1 is 1.22 bits per heavy atom. The fraction of sp³-hybridized carbons (Fsp3) is 0.571. The first-order chi connectivity index (χ1) is 8.43. The summed E-state index contributed by atoms with van der Waals surface area (Å²) in [4.78, 5) is 0. The van der Waals surface area contributed by atoms with Crippen LogP contribution in [0, 0.1) is 0 Å². The molecule has 0 saturated heterocycles. The maximum Gasteiger partial charge on any atom is 0.142 e. The van der Waals surface area contributed by atoms with Crippen LogP contribution in [0.4, 0.5) is 0 Å². The van der Waals surface area contributed by atoms with Gasteiger partial charge in [-0.2, -0.15) is 0 Å². The van der Waals surface area contributed by atoms with E-state index in [1.807, 2.05) is 19.9 Å². The summed E-state index contributed by atoms with van der Waals surface area (Å²) in [5.74, 6) is 0.729. The lowest BCUT2D eigenvalue weighted by atomic mass is 10.1. The highest BCUT2D eigenvalue weighted by molar-refractivity contribution is 6.35. The molecule has 1 aromatic rings. The van der Waals surface area contributed by atoms with Gasteiger partial charge in [0, 0.05) is 23.2 Å². The molecule has 0 saturated carbocycles. The van der Waals surface area contributed by atoms with Crippen molar-refractivity contribution >= 4 is 23.2 Å². The number of benzene rings is 1. The summed E-state index contributed by atoms with van der Waals surface area (Å²) in [6.07, 6.45) is 1.17. The summed E-state index contributed by atoms with van der Waals surface area (Å²) in [7, 11) is 0. The van der Waals surface area contributed by atoms with E-state index in [1.54, 1.807) is 6.07 Å². The van der Waals surface area contributed by atoms with Gasteiger partial charge >= 0.3 is 0 Å². The summed E-state index contributed by atoms with van der Waals surface area (Å²) in [6, 6.07) is 4.07. The summed E-state index contributed by atoms with van der Waals surface area (Å²) in [6.45, 7) is 8.97. The molecule has 0 aliphatic rings. The zero-order valence-electron chi connectivity index (χ0n) is 11.4. The van der Waals surface area contributed by atoms with Gasteiger partial charge in [0.25, 0.3) is 0 Å². The van der Waals surface area contributed by atoms with Crippen LogP contribution in [-0.2, 0) is 6.54 Å². The van der Waals surface area contributed by atoms with E-state index in [9.17, 15) is 0 Å². The highest BCUT2D eigenvalue weighted by Crippen LogP contribution is 2.33. The Hall–Kier alpha value is -0.440. The molecule has 4 heteroatoms. The third-order valence-electron chi connectivity index (χ3n) is 2.69. The van der Waals surface area contributed by atoms with Crippen molar-refractivity contribution in [1.29, 1.82) is 0 Å². The fourth-order valence-corrected chi connectivity index (χ4v) is 2.12. The Morgan fingerprint density at radius 3 is 2.44 bits per heavy atom. The zero-order valence-corrected chi connectivity index (χ0v) is 12.9. The summed E-state index contributed by atoms with van der Waals surface area (Å²) in [5.41, 5.74) is 1.00. The molecule has 0 aliphatic heterocycles. The van der Waals surface area contributed by atoms with Gasteiger partial charge in [-0.15, -0.1) is 0 Å². The summed E-state index contributed by atoms with van der Waals surface area (Å²) >= 11 is 12.2. The van der Waals surface area contributed by atoms with Crippen molar-refractivity contribution in [3.05, 3.63) is 27.7 Å². The molecule has 1 atom stereocenters. The van der Waals surface area contributed by atoms with Crippen molar-refractivity contribution in [3.8, 4) is 5.75 Å². The molecule has 1 aromatic carbocycles. The van der Waals surface area contributed by atoms with E-state index in [0.29, 0.717) is 22.6 Å². The van der Waals surface area contributed by atoms with E-state index in [4.69, 9.17) is 27.9 Å². The van der Waals surface area contributed by atoms with Crippen LogP contribution in [0.5, 0.6) is 5.75 Å². The van der Waals surface area contributed by atoms with Gasteiger partial charge < -0.3 is 10.1 Å². The molecule has 1 rings (SSSR count). The van der Waals surface area contributed by atoms with Gasteiger partial charge in [-0.1, -0.05) is 30.1 Å². The van der Waals surface area contributed by atoms with Gasteiger partial charge in [-0.3, -0.25) is 0 Å². The number of halogens is 2. The molecule has 2 nitrogen and oxygen atoms in total. The number of hydrogen-bond donors (Lipinski definition) is 1. The van der Waals surface area contributed by atoms with Crippen molar-refractivity contribution in [2.24, 2.45) is 0 Å². The third kappa shape index (κ3) is 4.68. The van der Waals surface area contributed by atoms with Crippen LogP contribution in [0.3, 0.4) is 0 Å². The predicted molar refractivity (Wildman–Crippen MR) is 78.8 cm³/mol. The first-order valence-electron chi connectivity index (χ1n) is 6.32. The lowest BCUT2D eigenvalue weighted by Crippen LogP contribution is -2.25. The summed E-state index contributed by atoms with van der Waals surface area (Å²) < 4.78 is 5.77. The Balaban J connectivity index is 2.92. The molecule has 0 aromatic heterocycles. The maximum atomic E-state index is 6.19. The van der Waals surface area contributed by atoms with Crippen LogP contribution in [0.1, 0.15) is 39.7 Å². The number of nitrogens with one attached hydrogen (secondary N) is 1. The third-order valence-corrected chi connectivity index (χ3v) is 3.19. The van der Waals surface area contributed by atoms with E-state index in [0.717, 1.165) is 17.7 Å². The molecule has 0 amide bonds. The topological polar surface area (TPSA) is 21.3 Å². The van der Waals surface area contributed by atoms with Crippen molar-refractivity contribution in [1.82, 2.24) is 5.32 Å². The maximum absolute atomic E-state index is 6.19. The monoisotopic (exact) mass is 289 g/mol. The Bertz CT molecular complexity index is 394. The number of hydrogen-bond acceptors (Lipinski definition) is 2. The average molecular weight is 290 g/mol. The van der Waals surface area contributed by atoms with Crippen LogP contribution in [-0.4, -0.2) is 12.1 Å². The normalized spacial score (nSPS) is 12.8. The molecule has 18 heavy (non-hydrogen) atoms. The van der Waals surface area contributed by atoms with Gasteiger partial charge in [0.05, 0.1) is 11.1 Å². The second kappa shape index (κ2) is 7.22. The molecule has 0 fully saturated rings. The van der Waals surface area contributed by atoms with Crippen LogP contribution in [0.15, 0.2) is 12.1 Å². The lowest BCUT2D eigenvalue weighted by Gasteiger charge is -2.18. The second-order valence-electron chi connectivity index (χ2n) is 4.73. The molecule has 0 heterocycles. The standard InChI is InChI=1S/C14H21Cl2NO/c1-5-10(4)17-8-11-6-12(15)7-13(16)14(11)18-9(2)3/h6-7,9-10,17H,5,8H2,1-4H3/t10-/m1/s1. The molecule has 0 spiro atoms. The number of ether oxygens (including phenoxy) is 1. The fourth-order valence-electron chi connectivity index (χ4n) is 1.54. The second-order valence-corrected chi connectivity index (χ2v) is 5.58. The molecule has 0 radical (unpaired) electrons.